The molecule has 0 spiro atoms. The van der Waals surface area contributed by atoms with Crippen molar-refractivity contribution in [3.8, 4) is 0 Å². The molecule has 140 valence electrons. The zero-order valence-electron chi connectivity index (χ0n) is 14.5. The van der Waals surface area contributed by atoms with Crippen LogP contribution >= 0.6 is 11.3 Å². The molecule has 0 aromatic carbocycles. The van der Waals surface area contributed by atoms with Gasteiger partial charge in [-0.25, -0.2) is 12.7 Å². The molecule has 1 amide bonds. The Morgan fingerprint density at radius 2 is 1.96 bits per heavy atom. The zero-order chi connectivity index (χ0) is 18.6. The number of carboxylic acid groups (broad SMARTS) is 1. The van der Waals surface area contributed by atoms with E-state index in [0.29, 0.717) is 25.9 Å². The Balaban J connectivity index is 2.05. The third-order valence-electron chi connectivity index (χ3n) is 4.37. The quantitative estimate of drug-likeness (QED) is 0.760. The Bertz CT molecular complexity index is 721. The van der Waals surface area contributed by atoms with Crippen molar-refractivity contribution >= 4 is 33.2 Å². The lowest BCUT2D eigenvalue weighted by Crippen LogP contribution is -2.50. The van der Waals surface area contributed by atoms with Crippen LogP contribution in [-0.4, -0.2) is 66.0 Å². The maximum Gasteiger partial charge on any atom is 0.323 e. The molecule has 0 aliphatic carbocycles. The smallest absolute Gasteiger partial charge is 0.323 e. The van der Waals surface area contributed by atoms with Gasteiger partial charge < -0.3 is 10.0 Å². The lowest BCUT2D eigenvalue weighted by molar-refractivity contribution is -0.146. The molecule has 0 bridgehead atoms. The summed E-state index contributed by atoms with van der Waals surface area (Å²) < 4.78 is 25.3. The van der Waals surface area contributed by atoms with Crippen LogP contribution in [0.3, 0.4) is 0 Å². The lowest BCUT2D eigenvalue weighted by atomic mass is 10.0. The van der Waals surface area contributed by atoms with Gasteiger partial charge in [-0.1, -0.05) is 0 Å². The fraction of sp³-hybridized carbons (Fsp3) is 0.625. The van der Waals surface area contributed by atoms with E-state index in [0.717, 1.165) is 9.75 Å². The number of carbonyl (C=O) groups is 2. The van der Waals surface area contributed by atoms with Crippen molar-refractivity contribution < 1.29 is 23.1 Å². The van der Waals surface area contributed by atoms with Gasteiger partial charge in [-0.2, -0.15) is 0 Å². The number of carbonyl (C=O) groups excluding carboxylic acids is 1. The van der Waals surface area contributed by atoms with Crippen LogP contribution in [0.25, 0.3) is 0 Å². The van der Waals surface area contributed by atoms with Crippen LogP contribution in [0.2, 0.25) is 0 Å². The predicted molar refractivity (Wildman–Crippen MR) is 96.2 cm³/mol. The number of nitrogens with zero attached hydrogens (tertiary/aromatic N) is 2. The van der Waals surface area contributed by atoms with E-state index in [-0.39, 0.29) is 30.7 Å². The van der Waals surface area contributed by atoms with Crippen LogP contribution in [-0.2, 0) is 26.0 Å². The highest BCUT2D eigenvalue weighted by Crippen LogP contribution is 2.22. The van der Waals surface area contributed by atoms with E-state index in [4.69, 9.17) is 5.11 Å². The van der Waals surface area contributed by atoms with Crippen LogP contribution < -0.4 is 0 Å². The molecule has 25 heavy (non-hydrogen) atoms. The van der Waals surface area contributed by atoms with E-state index in [1.54, 1.807) is 6.92 Å². The average molecular weight is 389 g/mol. The highest BCUT2D eigenvalue weighted by molar-refractivity contribution is 7.89. The van der Waals surface area contributed by atoms with Crippen molar-refractivity contribution in [2.45, 2.75) is 39.2 Å². The number of thiophene rings is 1. The molecular formula is C16H24N2O5S2. The number of amides is 1. The van der Waals surface area contributed by atoms with Gasteiger partial charge in [0.05, 0.1) is 12.2 Å². The Morgan fingerprint density at radius 1 is 1.32 bits per heavy atom. The van der Waals surface area contributed by atoms with Crippen LogP contribution in [0.15, 0.2) is 12.1 Å². The minimum atomic E-state index is -3.24. The van der Waals surface area contributed by atoms with Crippen LogP contribution in [0.5, 0.6) is 0 Å². The van der Waals surface area contributed by atoms with Gasteiger partial charge in [-0.15, -0.1) is 11.3 Å². The molecule has 1 aliphatic rings. The Hall–Kier alpha value is -1.45. The Morgan fingerprint density at radius 3 is 2.44 bits per heavy atom. The molecule has 0 atom stereocenters. The van der Waals surface area contributed by atoms with E-state index in [2.05, 4.69) is 0 Å². The van der Waals surface area contributed by atoms with Crippen molar-refractivity contribution in [3.63, 3.8) is 0 Å². The molecule has 0 saturated carbocycles. The molecule has 1 saturated heterocycles. The second kappa shape index (κ2) is 8.29. The lowest BCUT2D eigenvalue weighted by Gasteiger charge is -2.37. The summed E-state index contributed by atoms with van der Waals surface area (Å²) in [5, 5.41) is 9.16. The summed E-state index contributed by atoms with van der Waals surface area (Å²) in [6.45, 7) is 3.85. The van der Waals surface area contributed by atoms with Crippen molar-refractivity contribution in [2.24, 2.45) is 0 Å². The molecule has 1 aromatic heterocycles. The fourth-order valence-corrected chi connectivity index (χ4v) is 5.03. The molecule has 1 N–H and O–H groups in total. The first kappa shape index (κ1) is 19.9. The van der Waals surface area contributed by atoms with Gasteiger partial charge in [0.2, 0.25) is 15.9 Å². The molecule has 0 radical (unpaired) electrons. The Kier molecular flexibility index (Phi) is 6.59. The van der Waals surface area contributed by atoms with Gasteiger partial charge in [0.25, 0.3) is 0 Å². The minimum absolute atomic E-state index is 0.0488. The summed E-state index contributed by atoms with van der Waals surface area (Å²) in [5.74, 6) is -1.23. The van der Waals surface area contributed by atoms with Crippen molar-refractivity contribution in [3.05, 3.63) is 21.9 Å². The molecule has 1 aliphatic heterocycles. The van der Waals surface area contributed by atoms with E-state index in [9.17, 15) is 18.0 Å². The van der Waals surface area contributed by atoms with E-state index >= 15 is 0 Å². The summed E-state index contributed by atoms with van der Waals surface area (Å²) in [7, 11) is -3.24. The van der Waals surface area contributed by atoms with Gasteiger partial charge in [0.15, 0.2) is 0 Å². The van der Waals surface area contributed by atoms with Gasteiger partial charge in [0.1, 0.15) is 6.54 Å². The van der Waals surface area contributed by atoms with Gasteiger partial charge in [-0.3, -0.25) is 9.59 Å². The molecule has 2 rings (SSSR count). The largest absolute Gasteiger partial charge is 0.480 e. The molecule has 1 aromatic rings. The number of piperidine rings is 1. The summed E-state index contributed by atoms with van der Waals surface area (Å²) >= 11 is 1.52. The second-order valence-electron chi connectivity index (χ2n) is 6.14. The number of aliphatic carboxylic acids is 1. The van der Waals surface area contributed by atoms with Gasteiger partial charge >= 0.3 is 5.97 Å². The predicted octanol–water partition coefficient (Wildman–Crippen LogP) is 1.33. The molecular weight excluding hydrogens is 364 g/mol. The minimum Gasteiger partial charge on any atom is -0.480 e. The van der Waals surface area contributed by atoms with E-state index in [1.807, 2.05) is 19.1 Å². The average Bonchev–Trinajstić information content (AvgIpc) is 2.97. The number of rotatable bonds is 7. The van der Waals surface area contributed by atoms with Crippen LogP contribution in [0.1, 0.15) is 29.5 Å². The van der Waals surface area contributed by atoms with Crippen molar-refractivity contribution in [1.82, 2.24) is 9.21 Å². The van der Waals surface area contributed by atoms with Crippen LogP contribution in [0.4, 0.5) is 0 Å². The first-order chi connectivity index (χ1) is 11.7. The SMILES string of the molecule is CCS(=O)(=O)N1CCC(N(CC(=O)O)C(=O)Cc2ccc(C)s2)CC1. The summed E-state index contributed by atoms with van der Waals surface area (Å²) in [6, 6.07) is 3.57. The summed E-state index contributed by atoms with van der Waals surface area (Å²) in [6.07, 6.45) is 1.10. The van der Waals surface area contributed by atoms with Gasteiger partial charge in [-0.05, 0) is 38.8 Å². The number of aryl methyl sites for hydroxylation is 1. The molecule has 9 heteroatoms. The standard InChI is InChI=1S/C16H24N2O5S2/c1-3-25(22,23)17-8-6-13(7-9-17)18(11-16(20)21)15(19)10-14-5-4-12(2)24-14/h4-5,13H,3,6-11H2,1-2H3,(H,20,21). The topological polar surface area (TPSA) is 95.0 Å². The van der Waals surface area contributed by atoms with Crippen molar-refractivity contribution in [1.29, 1.82) is 0 Å². The third kappa shape index (κ3) is 5.26. The van der Waals surface area contributed by atoms with Crippen LogP contribution in [0, 0.1) is 6.92 Å². The van der Waals surface area contributed by atoms with E-state index in [1.165, 1.54) is 20.5 Å². The summed E-state index contributed by atoms with van der Waals surface area (Å²) in [5.41, 5.74) is 0. The first-order valence-corrected chi connectivity index (χ1v) is 10.7. The maximum absolute atomic E-state index is 12.6. The highest BCUT2D eigenvalue weighted by Gasteiger charge is 2.32. The van der Waals surface area contributed by atoms with E-state index < -0.39 is 16.0 Å². The maximum atomic E-state index is 12.6. The number of carboxylic acids is 1. The Labute approximate surface area is 152 Å². The van der Waals surface area contributed by atoms with Crippen molar-refractivity contribution in [2.75, 3.05) is 25.4 Å². The molecule has 2 heterocycles. The third-order valence-corrected chi connectivity index (χ3v) is 7.25. The second-order valence-corrected chi connectivity index (χ2v) is 9.77. The monoisotopic (exact) mass is 388 g/mol. The summed E-state index contributed by atoms with van der Waals surface area (Å²) in [4.78, 5) is 27.2. The van der Waals surface area contributed by atoms with Gasteiger partial charge in [0, 0.05) is 28.9 Å². The number of hydrogen-bond donors (Lipinski definition) is 1. The molecule has 1 fully saturated rings. The normalized spacial score (nSPS) is 16.7. The fourth-order valence-electron chi connectivity index (χ4n) is 3.01. The number of hydrogen-bond acceptors (Lipinski definition) is 5. The molecule has 0 unspecified atom stereocenters. The number of sulfonamides is 1. The molecule has 7 nitrogen and oxygen atoms in total. The zero-order valence-corrected chi connectivity index (χ0v) is 16.1. The first-order valence-electron chi connectivity index (χ1n) is 8.27. The highest BCUT2D eigenvalue weighted by atomic mass is 32.2.